The second-order valence-electron chi connectivity index (χ2n) is 4.52. The van der Waals surface area contributed by atoms with E-state index in [1.54, 1.807) is 5.57 Å². The molecule has 0 spiro atoms. The summed E-state index contributed by atoms with van der Waals surface area (Å²) in [6, 6.07) is 0.501. The summed E-state index contributed by atoms with van der Waals surface area (Å²) in [5.41, 5.74) is 1.63. The van der Waals surface area contributed by atoms with Crippen LogP contribution in [-0.4, -0.2) is 25.1 Å². The van der Waals surface area contributed by atoms with Crippen LogP contribution in [0.1, 0.15) is 39.0 Å². The third kappa shape index (κ3) is 3.26. The van der Waals surface area contributed by atoms with Gasteiger partial charge in [0.2, 0.25) is 0 Å². The lowest BCUT2D eigenvalue weighted by molar-refractivity contribution is 0.664. The van der Waals surface area contributed by atoms with Crippen LogP contribution in [-0.2, 0) is 0 Å². The van der Waals surface area contributed by atoms with Gasteiger partial charge in [0.05, 0.1) is 6.54 Å². The fourth-order valence-corrected chi connectivity index (χ4v) is 2.13. The van der Waals surface area contributed by atoms with Gasteiger partial charge in [-0.2, -0.15) is 0 Å². The van der Waals surface area contributed by atoms with Crippen molar-refractivity contribution in [2.75, 3.05) is 13.1 Å². The highest BCUT2D eigenvalue weighted by Gasteiger charge is 2.11. The Kier molecular flexibility index (Phi) is 3.64. The van der Waals surface area contributed by atoms with E-state index in [0.29, 0.717) is 6.04 Å². The number of aliphatic imine (C=N–C) groups is 1. The maximum atomic E-state index is 4.37. The van der Waals surface area contributed by atoms with Crippen LogP contribution in [0.15, 0.2) is 16.6 Å². The highest BCUT2D eigenvalue weighted by atomic mass is 15.2. The van der Waals surface area contributed by atoms with Crippen LogP contribution in [0.2, 0.25) is 0 Å². The first-order chi connectivity index (χ1) is 7.34. The number of nitrogens with one attached hydrogen (secondary N) is 2. The van der Waals surface area contributed by atoms with Crippen LogP contribution >= 0.6 is 0 Å². The molecule has 1 aliphatic carbocycles. The van der Waals surface area contributed by atoms with Gasteiger partial charge < -0.3 is 10.6 Å². The predicted molar refractivity (Wildman–Crippen MR) is 64.1 cm³/mol. The highest BCUT2D eigenvalue weighted by molar-refractivity contribution is 5.81. The number of nitrogens with zero attached hydrogens (tertiary/aromatic N) is 1. The van der Waals surface area contributed by atoms with E-state index in [9.17, 15) is 0 Å². The molecule has 84 valence electrons. The Hall–Kier alpha value is -0.990. The quantitative estimate of drug-likeness (QED) is 0.693. The predicted octanol–water partition coefficient (Wildman–Crippen LogP) is 1.81. The zero-order valence-electron chi connectivity index (χ0n) is 9.55. The minimum atomic E-state index is 0.501. The molecule has 15 heavy (non-hydrogen) atoms. The van der Waals surface area contributed by atoms with E-state index in [0.717, 1.165) is 19.0 Å². The summed E-state index contributed by atoms with van der Waals surface area (Å²) in [6.07, 6.45) is 8.93. The van der Waals surface area contributed by atoms with Crippen LogP contribution in [0.3, 0.4) is 0 Å². The van der Waals surface area contributed by atoms with Gasteiger partial charge in [-0.05, 0) is 39.0 Å². The first kappa shape index (κ1) is 10.5. The van der Waals surface area contributed by atoms with E-state index in [1.165, 1.54) is 32.1 Å². The molecular formula is C12H21N3. The van der Waals surface area contributed by atoms with Gasteiger partial charge in [-0.3, -0.25) is 4.99 Å². The van der Waals surface area contributed by atoms with Crippen LogP contribution in [0.4, 0.5) is 0 Å². The van der Waals surface area contributed by atoms with Crippen molar-refractivity contribution in [3.8, 4) is 0 Å². The summed E-state index contributed by atoms with van der Waals surface area (Å²) in [6.45, 7) is 4.08. The van der Waals surface area contributed by atoms with Gasteiger partial charge in [-0.15, -0.1) is 0 Å². The minimum absolute atomic E-state index is 0.501. The maximum Gasteiger partial charge on any atom is 0.191 e. The van der Waals surface area contributed by atoms with Crippen molar-refractivity contribution >= 4 is 5.96 Å². The van der Waals surface area contributed by atoms with E-state index < -0.39 is 0 Å². The Balaban J connectivity index is 1.64. The molecule has 0 aromatic heterocycles. The molecule has 1 unspecified atom stereocenters. The largest absolute Gasteiger partial charge is 0.356 e. The standard InChI is InChI=1S/C12H21N3/c1-10-9-14-12(15-10)13-8-7-11-5-3-2-4-6-11/h5,10H,2-4,6-9H2,1H3,(H2,13,14,15). The second kappa shape index (κ2) is 5.19. The zero-order chi connectivity index (χ0) is 10.5. The van der Waals surface area contributed by atoms with Crippen molar-refractivity contribution in [1.82, 2.24) is 10.6 Å². The van der Waals surface area contributed by atoms with E-state index in [2.05, 4.69) is 28.6 Å². The Bertz CT molecular complexity index is 268. The SMILES string of the molecule is CC1CN=C(NCCC2=CCCCC2)N1. The van der Waals surface area contributed by atoms with Gasteiger partial charge >= 0.3 is 0 Å². The zero-order valence-corrected chi connectivity index (χ0v) is 9.55. The van der Waals surface area contributed by atoms with Crippen molar-refractivity contribution in [1.29, 1.82) is 0 Å². The van der Waals surface area contributed by atoms with Crippen LogP contribution < -0.4 is 10.6 Å². The topological polar surface area (TPSA) is 36.4 Å². The average Bonchev–Trinajstić information content (AvgIpc) is 2.66. The fourth-order valence-electron chi connectivity index (χ4n) is 2.13. The Labute approximate surface area is 92.0 Å². The first-order valence-corrected chi connectivity index (χ1v) is 6.07. The fraction of sp³-hybridized carbons (Fsp3) is 0.750. The molecule has 0 saturated carbocycles. The number of allylic oxidation sites excluding steroid dienone is 1. The summed E-state index contributed by atoms with van der Waals surface area (Å²) in [7, 11) is 0. The van der Waals surface area contributed by atoms with Gasteiger partial charge in [0.1, 0.15) is 0 Å². The molecule has 2 rings (SSSR count). The summed E-state index contributed by atoms with van der Waals surface area (Å²) in [5, 5.41) is 6.67. The van der Waals surface area contributed by atoms with E-state index in [1.807, 2.05) is 0 Å². The number of hydrogen-bond donors (Lipinski definition) is 2. The number of hydrogen-bond acceptors (Lipinski definition) is 3. The molecule has 3 heteroatoms. The molecule has 3 nitrogen and oxygen atoms in total. The van der Waals surface area contributed by atoms with Gasteiger partial charge in [0.25, 0.3) is 0 Å². The van der Waals surface area contributed by atoms with Crippen molar-refractivity contribution < 1.29 is 0 Å². The molecule has 1 aliphatic heterocycles. The van der Waals surface area contributed by atoms with Gasteiger partial charge in [0, 0.05) is 12.6 Å². The molecule has 0 amide bonds. The van der Waals surface area contributed by atoms with Crippen LogP contribution in [0.25, 0.3) is 0 Å². The minimum Gasteiger partial charge on any atom is -0.356 e. The molecule has 0 aromatic carbocycles. The van der Waals surface area contributed by atoms with Crippen LogP contribution in [0.5, 0.6) is 0 Å². The smallest absolute Gasteiger partial charge is 0.191 e. The summed E-state index contributed by atoms with van der Waals surface area (Å²) in [4.78, 5) is 4.37. The molecular weight excluding hydrogens is 186 g/mol. The molecule has 0 bridgehead atoms. The van der Waals surface area contributed by atoms with Gasteiger partial charge in [-0.25, -0.2) is 0 Å². The van der Waals surface area contributed by atoms with Crippen molar-refractivity contribution in [2.45, 2.75) is 45.1 Å². The highest BCUT2D eigenvalue weighted by Crippen LogP contribution is 2.19. The lowest BCUT2D eigenvalue weighted by atomic mass is 9.97. The van der Waals surface area contributed by atoms with Crippen molar-refractivity contribution in [2.24, 2.45) is 4.99 Å². The molecule has 2 N–H and O–H groups in total. The second-order valence-corrected chi connectivity index (χ2v) is 4.52. The van der Waals surface area contributed by atoms with Crippen molar-refractivity contribution in [3.63, 3.8) is 0 Å². The monoisotopic (exact) mass is 207 g/mol. The summed E-state index contributed by atoms with van der Waals surface area (Å²) >= 11 is 0. The molecule has 0 fully saturated rings. The average molecular weight is 207 g/mol. The molecule has 2 aliphatic rings. The van der Waals surface area contributed by atoms with Crippen molar-refractivity contribution in [3.05, 3.63) is 11.6 Å². The first-order valence-electron chi connectivity index (χ1n) is 6.07. The molecule has 0 saturated heterocycles. The maximum absolute atomic E-state index is 4.37. The summed E-state index contributed by atoms with van der Waals surface area (Å²) in [5.74, 6) is 0.985. The normalized spacial score (nSPS) is 25.5. The molecule has 1 heterocycles. The van der Waals surface area contributed by atoms with E-state index in [4.69, 9.17) is 0 Å². The lowest BCUT2D eigenvalue weighted by Gasteiger charge is -2.13. The molecule has 0 aromatic rings. The number of rotatable bonds is 3. The van der Waals surface area contributed by atoms with Crippen LogP contribution in [0, 0.1) is 0 Å². The van der Waals surface area contributed by atoms with Gasteiger partial charge in [-0.1, -0.05) is 11.6 Å². The number of guanidine groups is 1. The third-order valence-electron chi connectivity index (χ3n) is 3.03. The molecule has 1 atom stereocenters. The Morgan fingerprint density at radius 1 is 1.53 bits per heavy atom. The molecule has 0 radical (unpaired) electrons. The third-order valence-corrected chi connectivity index (χ3v) is 3.03. The van der Waals surface area contributed by atoms with Gasteiger partial charge in [0.15, 0.2) is 5.96 Å². The van der Waals surface area contributed by atoms with E-state index in [-0.39, 0.29) is 0 Å². The van der Waals surface area contributed by atoms with E-state index >= 15 is 0 Å². The Morgan fingerprint density at radius 2 is 2.47 bits per heavy atom. The lowest BCUT2D eigenvalue weighted by Crippen LogP contribution is -2.38. The Morgan fingerprint density at radius 3 is 3.13 bits per heavy atom. The summed E-state index contributed by atoms with van der Waals surface area (Å²) < 4.78 is 0.